The Bertz CT molecular complexity index is 2180. The van der Waals surface area contributed by atoms with Gasteiger partial charge in [-0.3, -0.25) is 0 Å². The summed E-state index contributed by atoms with van der Waals surface area (Å²) in [6.45, 7) is 6.84. The van der Waals surface area contributed by atoms with Crippen LogP contribution in [0.4, 0.5) is 17.1 Å². The molecule has 52 heavy (non-hydrogen) atoms. The van der Waals surface area contributed by atoms with Crippen LogP contribution in [-0.2, 0) is 54.7 Å². The van der Waals surface area contributed by atoms with Crippen LogP contribution in [0.15, 0.2) is 127 Å². The van der Waals surface area contributed by atoms with E-state index in [2.05, 4.69) is 153 Å². The minimum Gasteiger partial charge on any atom is -0.306 e. The molecule has 0 amide bonds. The molecular formula is C45H42NP3S3. The second kappa shape index (κ2) is 13.1. The van der Waals surface area contributed by atoms with Gasteiger partial charge in [-0.2, -0.15) is 0 Å². The lowest BCUT2D eigenvalue weighted by molar-refractivity contribution is 0.922. The average Bonchev–Trinajstić information content (AvgIpc) is 3.18. The van der Waals surface area contributed by atoms with Crippen molar-refractivity contribution >= 4 is 118 Å². The molecule has 0 saturated heterocycles. The Morgan fingerprint density at radius 3 is 0.827 bits per heavy atom. The van der Waals surface area contributed by atoms with E-state index in [4.69, 9.17) is 35.4 Å². The van der Waals surface area contributed by atoms with Crippen LogP contribution >= 0.6 is 18.1 Å². The third-order valence-electron chi connectivity index (χ3n) is 11.1. The Balaban J connectivity index is 1.56. The molecule has 0 radical (unpaired) electrons. The van der Waals surface area contributed by atoms with Crippen molar-refractivity contribution in [1.29, 1.82) is 0 Å². The van der Waals surface area contributed by atoms with Gasteiger partial charge in [0.25, 0.3) is 0 Å². The fraction of sp³-hybridized carbons (Fsp3) is 0.200. The van der Waals surface area contributed by atoms with E-state index < -0.39 is 18.1 Å². The summed E-state index contributed by atoms with van der Waals surface area (Å²) >= 11 is 22.1. The van der Waals surface area contributed by atoms with Gasteiger partial charge in [0, 0.05) is 49.9 Å². The van der Waals surface area contributed by atoms with Gasteiger partial charge in [0.1, 0.15) is 0 Å². The summed E-state index contributed by atoms with van der Waals surface area (Å²) in [7, 11) is 0. The first-order chi connectivity index (χ1) is 25.3. The molecule has 7 heteroatoms. The summed E-state index contributed by atoms with van der Waals surface area (Å²) < 4.78 is 0. The molecule has 0 bridgehead atoms. The maximum Gasteiger partial charge on any atom is 0.0644 e. The summed E-state index contributed by atoms with van der Waals surface area (Å²) in [6.07, 6.45) is 6.16. The number of aryl methyl sites for hydroxylation is 3. The molecule has 0 aliphatic carbocycles. The van der Waals surface area contributed by atoms with Crippen molar-refractivity contribution in [2.45, 2.75) is 59.3 Å². The van der Waals surface area contributed by atoms with E-state index in [0.29, 0.717) is 0 Å². The summed E-state index contributed by atoms with van der Waals surface area (Å²) in [5.74, 6) is 0. The summed E-state index contributed by atoms with van der Waals surface area (Å²) in [5, 5.41) is 11.5. The predicted molar refractivity (Wildman–Crippen MR) is 242 cm³/mol. The van der Waals surface area contributed by atoms with Gasteiger partial charge in [-0.25, -0.2) is 0 Å². The Kier molecular flexibility index (Phi) is 8.79. The van der Waals surface area contributed by atoms with Crippen molar-refractivity contribution in [2.75, 3.05) is 4.90 Å². The number of anilines is 3. The number of hydrogen-bond acceptors (Lipinski definition) is 4. The quantitative estimate of drug-likeness (QED) is 0.136. The number of rotatable bonds is 9. The van der Waals surface area contributed by atoms with E-state index in [0.717, 1.165) is 38.5 Å². The highest BCUT2D eigenvalue weighted by Gasteiger charge is 2.52. The molecule has 0 fully saturated rings. The lowest BCUT2D eigenvalue weighted by Gasteiger charge is -2.52. The largest absolute Gasteiger partial charge is 0.306 e. The molecule has 0 N–H and O–H groups in total. The maximum atomic E-state index is 7.36. The zero-order chi connectivity index (χ0) is 35.8. The monoisotopic (exact) mass is 785 g/mol. The SMILES string of the molecule is CCCc1cc2c3c(c1)P(=S)(c1ccccc1)c1cc(CCC)cc4c1N3c1c(cc(CCC)cc1P4(=S)c1ccccc1)P2(=S)c1ccccc1. The van der Waals surface area contributed by atoms with E-state index in [-0.39, 0.29) is 0 Å². The molecule has 3 aliphatic rings. The van der Waals surface area contributed by atoms with Crippen LogP contribution in [0.25, 0.3) is 0 Å². The summed E-state index contributed by atoms with van der Waals surface area (Å²) in [5.41, 5.74) is 7.80. The first-order valence-corrected chi connectivity index (χ1v) is 27.0. The van der Waals surface area contributed by atoms with Crippen molar-refractivity contribution in [2.24, 2.45) is 0 Å². The second-order valence-electron chi connectivity index (χ2n) is 14.4. The van der Waals surface area contributed by atoms with Crippen molar-refractivity contribution in [3.63, 3.8) is 0 Å². The molecule has 9 rings (SSSR count). The van der Waals surface area contributed by atoms with Gasteiger partial charge in [-0.15, -0.1) is 0 Å². The van der Waals surface area contributed by atoms with Crippen LogP contribution in [-0.4, -0.2) is 0 Å². The van der Waals surface area contributed by atoms with Crippen LogP contribution in [0.3, 0.4) is 0 Å². The zero-order valence-electron chi connectivity index (χ0n) is 29.9. The van der Waals surface area contributed by atoms with Gasteiger partial charge >= 0.3 is 0 Å². The van der Waals surface area contributed by atoms with E-state index >= 15 is 0 Å². The van der Waals surface area contributed by atoms with Gasteiger partial charge in [-0.1, -0.05) is 166 Å². The van der Waals surface area contributed by atoms with Crippen LogP contribution in [0.2, 0.25) is 0 Å². The standard InChI is InChI=1S/C45H42NP3S3/c1-4-16-31-25-37-43-38(26-31)48(51,35-21-12-8-13-22-35)40-28-33(18-6-3)30-42-45(40)46(43)44-39(47(37,50)34-19-10-7-11-20-34)27-32(17-5-2)29-41(44)49(42,52)36-23-14-9-15-24-36/h7-15,19-30H,4-6,16-18H2,1-3H3. The highest BCUT2D eigenvalue weighted by molar-refractivity contribution is 8.28. The first kappa shape index (κ1) is 34.8. The molecule has 0 atom stereocenters. The fourth-order valence-electron chi connectivity index (χ4n) is 8.88. The lowest BCUT2D eigenvalue weighted by atomic mass is 10.0. The molecule has 0 spiro atoms. The van der Waals surface area contributed by atoms with Crippen LogP contribution < -0.4 is 52.6 Å². The molecule has 3 aliphatic heterocycles. The Morgan fingerprint density at radius 1 is 0.385 bits per heavy atom. The first-order valence-electron chi connectivity index (χ1n) is 18.6. The Labute approximate surface area is 324 Å². The van der Waals surface area contributed by atoms with E-state index in [1.807, 2.05) is 0 Å². The van der Waals surface area contributed by atoms with Crippen LogP contribution in [0.1, 0.15) is 56.7 Å². The fourth-order valence-corrected chi connectivity index (χ4v) is 22.2. The maximum absolute atomic E-state index is 7.36. The summed E-state index contributed by atoms with van der Waals surface area (Å²) in [6, 6.07) is 40.3. The minimum atomic E-state index is -2.58. The van der Waals surface area contributed by atoms with Crippen molar-refractivity contribution in [1.82, 2.24) is 0 Å². The highest BCUT2D eigenvalue weighted by atomic mass is 32.4. The van der Waals surface area contributed by atoms with Crippen molar-refractivity contribution in [3.8, 4) is 0 Å². The zero-order valence-corrected chi connectivity index (χ0v) is 35.0. The number of hydrogen-bond donors (Lipinski definition) is 0. The predicted octanol–water partition coefficient (Wildman–Crippen LogP) is 8.22. The normalized spacial score (nSPS) is 21.9. The third kappa shape index (κ3) is 4.81. The molecule has 0 saturated carbocycles. The average molecular weight is 786 g/mol. The topological polar surface area (TPSA) is 3.24 Å². The van der Waals surface area contributed by atoms with Crippen molar-refractivity contribution < 1.29 is 0 Å². The lowest BCUT2D eigenvalue weighted by Crippen LogP contribution is -2.53. The number of benzene rings is 6. The van der Waals surface area contributed by atoms with Gasteiger partial charge < -0.3 is 4.90 Å². The van der Waals surface area contributed by atoms with Gasteiger partial charge in [0.05, 0.1) is 17.1 Å². The van der Waals surface area contributed by atoms with E-state index in [1.54, 1.807) is 0 Å². The molecular weight excluding hydrogens is 744 g/mol. The minimum absolute atomic E-state index is 0.991. The van der Waals surface area contributed by atoms with Crippen molar-refractivity contribution in [3.05, 3.63) is 144 Å². The number of nitrogens with zero attached hydrogens (tertiary/aromatic N) is 1. The molecule has 3 heterocycles. The molecule has 1 nitrogen and oxygen atoms in total. The van der Waals surface area contributed by atoms with Gasteiger partial charge in [0.2, 0.25) is 0 Å². The van der Waals surface area contributed by atoms with Gasteiger partial charge in [0.15, 0.2) is 0 Å². The Hall–Kier alpha value is -2.93. The van der Waals surface area contributed by atoms with E-state index in [9.17, 15) is 0 Å². The Morgan fingerprint density at radius 2 is 0.615 bits per heavy atom. The van der Waals surface area contributed by atoms with Crippen LogP contribution in [0.5, 0.6) is 0 Å². The molecule has 0 unspecified atom stereocenters. The molecule has 6 aromatic rings. The molecule has 260 valence electrons. The third-order valence-corrected chi connectivity index (χ3v) is 25.7. The van der Waals surface area contributed by atoms with Crippen LogP contribution in [0, 0.1) is 0 Å². The van der Waals surface area contributed by atoms with E-state index in [1.165, 1.54) is 81.5 Å². The highest BCUT2D eigenvalue weighted by Crippen LogP contribution is 2.65. The van der Waals surface area contributed by atoms with Gasteiger partial charge in [-0.05, 0) is 88.3 Å². The smallest absolute Gasteiger partial charge is 0.0644 e. The second-order valence-corrected chi connectivity index (χ2v) is 27.4. The molecule has 0 aromatic heterocycles. The molecule has 6 aromatic carbocycles. The summed E-state index contributed by atoms with van der Waals surface area (Å²) in [4.78, 5) is 2.65.